The molecule has 2 nitrogen and oxygen atoms in total. The fourth-order valence-electron chi connectivity index (χ4n) is 0.823. The highest BCUT2D eigenvalue weighted by Crippen LogP contribution is 2.21. The van der Waals surface area contributed by atoms with Gasteiger partial charge < -0.3 is 4.74 Å². The first kappa shape index (κ1) is 9.81. The van der Waals surface area contributed by atoms with Gasteiger partial charge in [-0.05, 0) is 19.1 Å². The van der Waals surface area contributed by atoms with Crippen molar-refractivity contribution >= 4 is 17.9 Å². The van der Waals surface area contributed by atoms with Crippen LogP contribution in [0.2, 0.25) is 5.02 Å². The monoisotopic (exact) mass is 196 g/mol. The summed E-state index contributed by atoms with van der Waals surface area (Å²) >= 11 is 5.77. The van der Waals surface area contributed by atoms with E-state index < -0.39 is 0 Å². The number of aldehydes is 1. The van der Waals surface area contributed by atoms with Crippen LogP contribution in [0.15, 0.2) is 30.5 Å². The van der Waals surface area contributed by atoms with Crippen LogP contribution in [0.1, 0.15) is 17.3 Å². The molecule has 1 aromatic carbocycles. The minimum absolute atomic E-state index is 0.400. The maximum Gasteiger partial charge on any atom is 0.151 e. The van der Waals surface area contributed by atoms with E-state index in [1.807, 2.05) is 6.92 Å². The number of carbonyl (C=O) groups excluding carboxylic acids is 1. The van der Waals surface area contributed by atoms with Gasteiger partial charge in [0, 0.05) is 11.6 Å². The molecule has 0 N–H and O–H groups in total. The summed E-state index contributed by atoms with van der Waals surface area (Å²) in [6.07, 6.45) is 4.02. The number of halogens is 1. The minimum atomic E-state index is 0.400. The number of hydrogen-bond acceptors (Lipinski definition) is 2. The molecule has 0 radical (unpaired) electrons. The number of allylic oxidation sites excluding steroid dienone is 1. The second kappa shape index (κ2) is 4.67. The predicted molar refractivity (Wildman–Crippen MR) is 52.3 cm³/mol. The molecule has 0 unspecified atom stereocenters. The average Bonchev–Trinajstić information content (AvgIpc) is 2.15. The van der Waals surface area contributed by atoms with Gasteiger partial charge in [0.25, 0.3) is 0 Å². The van der Waals surface area contributed by atoms with Crippen molar-refractivity contribution < 1.29 is 9.53 Å². The van der Waals surface area contributed by atoms with Gasteiger partial charge in [-0.1, -0.05) is 17.7 Å². The first-order chi connectivity index (χ1) is 6.27. The summed E-state index contributed by atoms with van der Waals surface area (Å²) < 4.78 is 5.15. The van der Waals surface area contributed by atoms with E-state index in [9.17, 15) is 4.79 Å². The number of ether oxygens (including phenoxy) is 1. The molecule has 0 atom stereocenters. The maximum atomic E-state index is 10.4. The molecule has 68 valence electrons. The molecule has 0 fully saturated rings. The Labute approximate surface area is 81.8 Å². The Morgan fingerprint density at radius 1 is 1.46 bits per heavy atom. The lowest BCUT2D eigenvalue weighted by Crippen LogP contribution is -1.85. The van der Waals surface area contributed by atoms with Gasteiger partial charge in [-0.3, -0.25) is 4.79 Å². The lowest BCUT2D eigenvalue weighted by atomic mass is 10.2. The van der Waals surface area contributed by atoms with Gasteiger partial charge in [0.05, 0.1) is 11.3 Å². The molecule has 0 saturated heterocycles. The number of carbonyl (C=O) groups is 1. The number of rotatable bonds is 3. The molecule has 0 bridgehead atoms. The third-order valence-electron chi connectivity index (χ3n) is 1.44. The van der Waals surface area contributed by atoms with Crippen molar-refractivity contribution in [1.82, 2.24) is 0 Å². The van der Waals surface area contributed by atoms with E-state index in [1.165, 1.54) is 0 Å². The molecule has 0 amide bonds. The van der Waals surface area contributed by atoms with Gasteiger partial charge in [0.2, 0.25) is 0 Å². The molecule has 0 aromatic heterocycles. The van der Waals surface area contributed by atoms with Crippen molar-refractivity contribution in [3.05, 3.63) is 41.1 Å². The second-order valence-corrected chi connectivity index (χ2v) is 2.80. The van der Waals surface area contributed by atoms with Crippen LogP contribution < -0.4 is 4.74 Å². The Balaban J connectivity index is 2.89. The van der Waals surface area contributed by atoms with Crippen LogP contribution in [-0.2, 0) is 0 Å². The zero-order chi connectivity index (χ0) is 9.68. The van der Waals surface area contributed by atoms with E-state index in [4.69, 9.17) is 16.3 Å². The lowest BCUT2D eigenvalue weighted by molar-refractivity contribution is 0.112. The molecule has 0 spiro atoms. The molecule has 0 aliphatic heterocycles. The van der Waals surface area contributed by atoms with Crippen molar-refractivity contribution in [3.8, 4) is 5.75 Å². The Bertz CT molecular complexity index is 332. The van der Waals surface area contributed by atoms with Crippen molar-refractivity contribution in [3.63, 3.8) is 0 Å². The van der Waals surface area contributed by atoms with Crippen molar-refractivity contribution in [2.24, 2.45) is 0 Å². The van der Waals surface area contributed by atoms with Crippen LogP contribution in [-0.4, -0.2) is 6.29 Å². The van der Waals surface area contributed by atoms with E-state index in [2.05, 4.69) is 0 Å². The summed E-state index contributed by atoms with van der Waals surface area (Å²) in [7, 11) is 0. The molecule has 1 aromatic rings. The van der Waals surface area contributed by atoms with Crippen LogP contribution in [0, 0.1) is 0 Å². The fraction of sp³-hybridized carbons (Fsp3) is 0.100. The molecular weight excluding hydrogens is 188 g/mol. The molecule has 13 heavy (non-hydrogen) atoms. The van der Waals surface area contributed by atoms with Crippen LogP contribution in [0.25, 0.3) is 0 Å². The molecule has 3 heteroatoms. The van der Waals surface area contributed by atoms with Gasteiger partial charge in [-0.2, -0.15) is 0 Å². The molecule has 0 heterocycles. The van der Waals surface area contributed by atoms with Crippen LogP contribution in [0.5, 0.6) is 5.75 Å². The van der Waals surface area contributed by atoms with Crippen LogP contribution in [0.4, 0.5) is 0 Å². The zero-order valence-electron chi connectivity index (χ0n) is 7.16. The highest BCUT2D eigenvalue weighted by Gasteiger charge is 1.99. The van der Waals surface area contributed by atoms with Crippen molar-refractivity contribution in [2.75, 3.05) is 0 Å². The fourth-order valence-corrected chi connectivity index (χ4v) is 1.04. The van der Waals surface area contributed by atoms with E-state index in [0.717, 1.165) is 0 Å². The smallest absolute Gasteiger partial charge is 0.151 e. The molecule has 0 aliphatic carbocycles. The summed E-state index contributed by atoms with van der Waals surface area (Å²) in [5.41, 5.74) is 0.467. The third-order valence-corrected chi connectivity index (χ3v) is 1.77. The standard InChI is InChI=1S/C10H9ClO2/c1-2-5-13-9-4-3-8(7-12)10(11)6-9/h2-7H,1H3. The SMILES string of the molecule is CC=COc1ccc(C=O)c(Cl)c1. The third kappa shape index (κ3) is 2.60. The topological polar surface area (TPSA) is 26.3 Å². The normalized spacial score (nSPS) is 10.3. The number of benzene rings is 1. The Kier molecular flexibility index (Phi) is 3.53. The second-order valence-electron chi connectivity index (χ2n) is 2.39. The summed E-state index contributed by atoms with van der Waals surface area (Å²) in [6, 6.07) is 4.91. The van der Waals surface area contributed by atoms with E-state index in [0.29, 0.717) is 22.6 Å². The zero-order valence-corrected chi connectivity index (χ0v) is 7.91. The summed E-state index contributed by atoms with van der Waals surface area (Å²) in [6.45, 7) is 1.85. The quantitative estimate of drug-likeness (QED) is 0.549. The Morgan fingerprint density at radius 3 is 2.77 bits per heavy atom. The van der Waals surface area contributed by atoms with Crippen LogP contribution in [0.3, 0.4) is 0 Å². The van der Waals surface area contributed by atoms with Gasteiger partial charge in [-0.15, -0.1) is 0 Å². The van der Waals surface area contributed by atoms with Gasteiger partial charge in [0.15, 0.2) is 6.29 Å². The lowest BCUT2D eigenvalue weighted by Gasteiger charge is -2.01. The van der Waals surface area contributed by atoms with E-state index in [1.54, 1.807) is 30.5 Å². The van der Waals surface area contributed by atoms with Gasteiger partial charge in [0.1, 0.15) is 5.75 Å². The number of hydrogen-bond donors (Lipinski definition) is 0. The Hall–Kier alpha value is -1.28. The Morgan fingerprint density at radius 2 is 2.23 bits per heavy atom. The largest absolute Gasteiger partial charge is 0.465 e. The summed E-state index contributed by atoms with van der Waals surface area (Å²) in [4.78, 5) is 10.4. The summed E-state index contributed by atoms with van der Waals surface area (Å²) in [5, 5.41) is 0.400. The van der Waals surface area contributed by atoms with Crippen molar-refractivity contribution in [2.45, 2.75) is 6.92 Å². The van der Waals surface area contributed by atoms with E-state index >= 15 is 0 Å². The predicted octanol–water partition coefficient (Wildman–Crippen LogP) is 3.06. The van der Waals surface area contributed by atoms with Crippen LogP contribution >= 0.6 is 11.6 Å². The van der Waals surface area contributed by atoms with E-state index in [-0.39, 0.29) is 0 Å². The first-order valence-electron chi connectivity index (χ1n) is 3.80. The molecule has 1 rings (SSSR count). The van der Waals surface area contributed by atoms with Crippen molar-refractivity contribution in [1.29, 1.82) is 0 Å². The highest BCUT2D eigenvalue weighted by atomic mass is 35.5. The first-order valence-corrected chi connectivity index (χ1v) is 4.18. The van der Waals surface area contributed by atoms with Gasteiger partial charge in [-0.25, -0.2) is 0 Å². The molecule has 0 aliphatic rings. The summed E-state index contributed by atoms with van der Waals surface area (Å²) in [5.74, 6) is 0.619. The minimum Gasteiger partial charge on any atom is -0.465 e. The average molecular weight is 197 g/mol. The molecular formula is C10H9ClO2. The van der Waals surface area contributed by atoms with Gasteiger partial charge >= 0.3 is 0 Å². The highest BCUT2D eigenvalue weighted by molar-refractivity contribution is 6.33. The molecule has 0 saturated carbocycles. The maximum absolute atomic E-state index is 10.4.